The van der Waals surface area contributed by atoms with Crippen LogP contribution in [-0.2, 0) is 17.8 Å². The summed E-state index contributed by atoms with van der Waals surface area (Å²) >= 11 is 6.54. The lowest BCUT2D eigenvalue weighted by Gasteiger charge is -2.33. The molecule has 0 atom stereocenters. The smallest absolute Gasteiger partial charge is 0.318 e. The molecule has 1 aromatic heterocycles. The van der Waals surface area contributed by atoms with Crippen molar-refractivity contribution in [2.45, 2.75) is 19.4 Å². The normalized spacial score (nSPS) is 13.2. The Hall–Kier alpha value is -3.06. The van der Waals surface area contributed by atoms with Crippen molar-refractivity contribution in [1.29, 1.82) is 0 Å². The van der Waals surface area contributed by atoms with Gasteiger partial charge in [0.15, 0.2) is 0 Å². The minimum absolute atomic E-state index is 0.262. The Morgan fingerprint density at radius 1 is 1.27 bits per heavy atom. The first kappa shape index (κ1) is 20.2. The van der Waals surface area contributed by atoms with Crippen molar-refractivity contribution in [2.24, 2.45) is 5.73 Å². The quantitative estimate of drug-likeness (QED) is 0.653. The van der Waals surface area contributed by atoms with Crippen LogP contribution in [0.5, 0.6) is 6.01 Å². The third-order valence-corrected chi connectivity index (χ3v) is 5.75. The molecule has 30 heavy (non-hydrogen) atoms. The molecule has 1 aliphatic rings. The van der Waals surface area contributed by atoms with Gasteiger partial charge >= 0.3 is 6.01 Å². The molecule has 1 amide bonds. The predicted molar refractivity (Wildman–Crippen MR) is 119 cm³/mol. The molecule has 7 nitrogen and oxygen atoms in total. The minimum Gasteiger partial charge on any atom is -0.467 e. The number of hydrogen-bond donors (Lipinski definition) is 1. The molecule has 2 N–H and O–H groups in total. The summed E-state index contributed by atoms with van der Waals surface area (Å²) in [5.74, 6) is 0.449. The first-order chi connectivity index (χ1) is 14.5. The molecule has 0 radical (unpaired) electrons. The van der Waals surface area contributed by atoms with Crippen molar-refractivity contribution in [3.05, 3.63) is 52.7 Å². The van der Waals surface area contributed by atoms with Crippen molar-refractivity contribution in [1.82, 2.24) is 9.97 Å². The number of rotatable bonds is 6. The van der Waals surface area contributed by atoms with Gasteiger partial charge in [-0.25, -0.2) is 0 Å². The van der Waals surface area contributed by atoms with Crippen LogP contribution in [0.15, 0.2) is 36.4 Å². The molecule has 8 heteroatoms. The molecule has 0 saturated heterocycles. The van der Waals surface area contributed by atoms with Crippen molar-refractivity contribution in [3.63, 3.8) is 0 Å². The highest BCUT2D eigenvalue weighted by molar-refractivity contribution is 6.36. The van der Waals surface area contributed by atoms with Gasteiger partial charge in [-0.15, -0.1) is 0 Å². The van der Waals surface area contributed by atoms with E-state index in [4.69, 9.17) is 22.1 Å². The van der Waals surface area contributed by atoms with Crippen molar-refractivity contribution in [3.8, 4) is 6.01 Å². The molecule has 3 aromatic rings. The van der Waals surface area contributed by atoms with Gasteiger partial charge in [0.1, 0.15) is 5.82 Å². The maximum atomic E-state index is 11.2. The van der Waals surface area contributed by atoms with E-state index in [1.165, 1.54) is 0 Å². The van der Waals surface area contributed by atoms with E-state index >= 15 is 0 Å². The molecule has 1 aliphatic heterocycles. The van der Waals surface area contributed by atoms with Crippen LogP contribution in [0, 0.1) is 0 Å². The van der Waals surface area contributed by atoms with Crippen LogP contribution >= 0.6 is 11.6 Å². The molecule has 0 unspecified atom stereocenters. The van der Waals surface area contributed by atoms with Crippen LogP contribution in [0.4, 0.5) is 11.5 Å². The Balaban J connectivity index is 1.71. The van der Waals surface area contributed by atoms with Gasteiger partial charge in [0.05, 0.1) is 24.4 Å². The number of aromatic nitrogens is 2. The average molecular weight is 426 g/mol. The minimum atomic E-state index is -0.337. The lowest BCUT2D eigenvalue weighted by Crippen LogP contribution is -2.34. The van der Waals surface area contributed by atoms with Gasteiger partial charge in [-0.2, -0.15) is 9.97 Å². The molecule has 0 spiro atoms. The Morgan fingerprint density at radius 2 is 2.03 bits per heavy atom. The number of carbonyl (C=O) groups is 1. The SMILES string of the molecule is COc1nc2c(c(N(C)CCC(N)=O)n1)CCN(c1cccc3cccc(Cl)c13)C2. The van der Waals surface area contributed by atoms with E-state index in [0.29, 0.717) is 19.1 Å². The molecule has 2 heterocycles. The number of primary amides is 1. The molecule has 4 rings (SSSR count). The van der Waals surface area contributed by atoms with E-state index in [-0.39, 0.29) is 12.3 Å². The molecular formula is C22H24ClN5O2. The van der Waals surface area contributed by atoms with Crippen LogP contribution in [-0.4, -0.2) is 43.1 Å². The summed E-state index contributed by atoms with van der Waals surface area (Å²) in [4.78, 5) is 24.6. The number of fused-ring (bicyclic) bond motifs is 2. The van der Waals surface area contributed by atoms with E-state index in [2.05, 4.69) is 33.1 Å². The largest absolute Gasteiger partial charge is 0.467 e. The maximum Gasteiger partial charge on any atom is 0.318 e. The number of anilines is 2. The summed E-state index contributed by atoms with van der Waals surface area (Å²) in [5.41, 5.74) is 8.39. The van der Waals surface area contributed by atoms with E-state index in [0.717, 1.165) is 51.5 Å². The summed E-state index contributed by atoms with van der Waals surface area (Å²) in [6.45, 7) is 1.92. The topological polar surface area (TPSA) is 84.6 Å². The van der Waals surface area contributed by atoms with Crippen LogP contribution in [0.25, 0.3) is 10.8 Å². The molecular weight excluding hydrogens is 402 g/mol. The number of benzene rings is 2. The highest BCUT2D eigenvalue weighted by Crippen LogP contribution is 2.36. The second-order valence-electron chi connectivity index (χ2n) is 7.38. The van der Waals surface area contributed by atoms with Crippen molar-refractivity contribution < 1.29 is 9.53 Å². The highest BCUT2D eigenvalue weighted by Gasteiger charge is 2.26. The fourth-order valence-electron chi connectivity index (χ4n) is 3.92. The van der Waals surface area contributed by atoms with Crippen LogP contribution < -0.4 is 20.3 Å². The lowest BCUT2D eigenvalue weighted by atomic mass is 10.0. The van der Waals surface area contributed by atoms with Crippen LogP contribution in [0.3, 0.4) is 0 Å². The second kappa shape index (κ2) is 8.36. The number of ether oxygens (including phenoxy) is 1. The number of nitrogens with two attached hydrogens (primary N) is 1. The fraction of sp³-hybridized carbons (Fsp3) is 0.318. The third kappa shape index (κ3) is 3.85. The zero-order valence-corrected chi connectivity index (χ0v) is 17.8. The number of carbonyl (C=O) groups excluding carboxylic acids is 1. The second-order valence-corrected chi connectivity index (χ2v) is 7.79. The Morgan fingerprint density at radius 3 is 2.77 bits per heavy atom. The van der Waals surface area contributed by atoms with Crippen molar-refractivity contribution in [2.75, 3.05) is 37.0 Å². The zero-order valence-electron chi connectivity index (χ0n) is 17.1. The molecule has 2 aromatic carbocycles. The van der Waals surface area contributed by atoms with Gasteiger partial charge in [-0.05, 0) is 23.9 Å². The highest BCUT2D eigenvalue weighted by atomic mass is 35.5. The molecule has 0 aliphatic carbocycles. The molecule has 0 saturated carbocycles. The summed E-state index contributed by atoms with van der Waals surface area (Å²) < 4.78 is 5.35. The summed E-state index contributed by atoms with van der Waals surface area (Å²) in [5, 5.41) is 2.89. The van der Waals surface area contributed by atoms with Crippen molar-refractivity contribution >= 4 is 39.8 Å². The monoisotopic (exact) mass is 425 g/mol. The number of hydrogen-bond acceptors (Lipinski definition) is 6. The zero-order chi connectivity index (χ0) is 21.3. The fourth-order valence-corrected chi connectivity index (χ4v) is 4.20. The average Bonchev–Trinajstić information content (AvgIpc) is 2.76. The first-order valence-electron chi connectivity index (χ1n) is 9.83. The van der Waals surface area contributed by atoms with Gasteiger partial charge in [-0.1, -0.05) is 35.9 Å². The summed E-state index contributed by atoms with van der Waals surface area (Å²) in [7, 11) is 3.46. The molecule has 156 valence electrons. The van der Waals surface area contributed by atoms with Gasteiger partial charge < -0.3 is 20.3 Å². The van der Waals surface area contributed by atoms with Crippen LogP contribution in [0.2, 0.25) is 5.02 Å². The molecule has 0 fully saturated rings. The van der Waals surface area contributed by atoms with E-state index in [1.54, 1.807) is 7.11 Å². The lowest BCUT2D eigenvalue weighted by molar-refractivity contribution is -0.117. The van der Waals surface area contributed by atoms with E-state index in [1.807, 2.05) is 30.1 Å². The summed E-state index contributed by atoms with van der Waals surface area (Å²) in [6, 6.07) is 12.5. The van der Waals surface area contributed by atoms with E-state index in [9.17, 15) is 4.79 Å². The van der Waals surface area contributed by atoms with Crippen LogP contribution in [0.1, 0.15) is 17.7 Å². The summed E-state index contributed by atoms with van der Waals surface area (Å²) in [6.07, 6.45) is 1.04. The third-order valence-electron chi connectivity index (χ3n) is 5.43. The maximum absolute atomic E-state index is 11.2. The predicted octanol–water partition coefficient (Wildman–Crippen LogP) is 3.17. The number of amides is 1. The number of nitrogens with zero attached hydrogens (tertiary/aromatic N) is 4. The van der Waals surface area contributed by atoms with Gasteiger partial charge in [0.25, 0.3) is 0 Å². The number of halogens is 1. The Kier molecular flexibility index (Phi) is 5.63. The number of methoxy groups -OCH3 is 1. The van der Waals surface area contributed by atoms with Gasteiger partial charge in [-0.3, -0.25) is 4.79 Å². The Bertz CT molecular complexity index is 1100. The molecule has 0 bridgehead atoms. The van der Waals surface area contributed by atoms with E-state index < -0.39 is 0 Å². The van der Waals surface area contributed by atoms with Gasteiger partial charge in [0.2, 0.25) is 5.91 Å². The first-order valence-corrected chi connectivity index (χ1v) is 10.2. The Labute approximate surface area is 180 Å². The van der Waals surface area contributed by atoms with Gasteiger partial charge in [0, 0.05) is 43.2 Å². The standard InChI is InChI=1S/C22H24ClN5O2/c1-27(11-10-19(24)29)21-15-9-12-28(13-17(15)25-22(26-21)30-2)18-8-4-6-14-5-3-7-16(23)20(14)18/h3-8H,9-13H2,1-2H3,(H2,24,29).